The second-order valence-corrected chi connectivity index (χ2v) is 3.45. The Balaban J connectivity index is 2.60. The van der Waals surface area contributed by atoms with Crippen molar-refractivity contribution in [3.63, 3.8) is 0 Å². The average Bonchev–Trinajstić information content (AvgIpc) is 2.65. The van der Waals surface area contributed by atoms with Crippen LogP contribution in [0.15, 0.2) is 22.8 Å². The summed E-state index contributed by atoms with van der Waals surface area (Å²) in [5.41, 5.74) is 5.54. The highest BCUT2D eigenvalue weighted by Crippen LogP contribution is 2.10. The van der Waals surface area contributed by atoms with Gasteiger partial charge in [0.25, 0.3) is 0 Å². The lowest BCUT2D eigenvalue weighted by molar-refractivity contribution is -0.132. The third kappa shape index (κ3) is 2.60. The molecule has 78 valence electrons. The SMILES string of the molecule is CN(C)C(=O)C(CN)Cc1ccco1. The Morgan fingerprint density at radius 2 is 2.36 bits per heavy atom. The predicted octanol–water partition coefficient (Wildman–Crippen LogP) is 0.485. The van der Waals surface area contributed by atoms with E-state index >= 15 is 0 Å². The minimum Gasteiger partial charge on any atom is -0.469 e. The molecule has 0 bridgehead atoms. The highest BCUT2D eigenvalue weighted by Gasteiger charge is 2.19. The Hall–Kier alpha value is -1.29. The van der Waals surface area contributed by atoms with E-state index in [1.807, 2.05) is 12.1 Å². The van der Waals surface area contributed by atoms with E-state index in [0.29, 0.717) is 13.0 Å². The monoisotopic (exact) mass is 196 g/mol. The van der Waals surface area contributed by atoms with Crippen LogP contribution in [-0.4, -0.2) is 31.4 Å². The fourth-order valence-corrected chi connectivity index (χ4v) is 1.31. The van der Waals surface area contributed by atoms with Gasteiger partial charge in [0.05, 0.1) is 12.2 Å². The van der Waals surface area contributed by atoms with Gasteiger partial charge in [0.1, 0.15) is 5.76 Å². The van der Waals surface area contributed by atoms with Gasteiger partial charge in [-0.2, -0.15) is 0 Å². The van der Waals surface area contributed by atoms with Crippen LogP contribution >= 0.6 is 0 Å². The summed E-state index contributed by atoms with van der Waals surface area (Å²) in [5, 5.41) is 0. The molecule has 0 aliphatic carbocycles. The summed E-state index contributed by atoms with van der Waals surface area (Å²) in [5.74, 6) is 0.663. The Bertz CT molecular complexity index is 280. The zero-order valence-electron chi connectivity index (χ0n) is 8.56. The highest BCUT2D eigenvalue weighted by atomic mass is 16.3. The van der Waals surface area contributed by atoms with E-state index in [1.54, 1.807) is 25.3 Å². The smallest absolute Gasteiger partial charge is 0.226 e. The van der Waals surface area contributed by atoms with Gasteiger partial charge in [-0.3, -0.25) is 4.79 Å². The zero-order valence-corrected chi connectivity index (χ0v) is 8.56. The number of furan rings is 1. The van der Waals surface area contributed by atoms with E-state index in [4.69, 9.17) is 10.2 Å². The summed E-state index contributed by atoms with van der Waals surface area (Å²) in [6.07, 6.45) is 2.17. The van der Waals surface area contributed by atoms with Crippen LogP contribution in [0.25, 0.3) is 0 Å². The molecule has 0 aliphatic rings. The first-order chi connectivity index (χ1) is 6.65. The van der Waals surface area contributed by atoms with Gasteiger partial charge in [0, 0.05) is 27.1 Å². The third-order valence-electron chi connectivity index (χ3n) is 2.10. The molecule has 0 aromatic carbocycles. The number of carbonyl (C=O) groups is 1. The maximum atomic E-state index is 11.6. The molecular weight excluding hydrogens is 180 g/mol. The van der Waals surface area contributed by atoms with Crippen molar-refractivity contribution in [3.8, 4) is 0 Å². The molecule has 0 aliphatic heterocycles. The molecule has 4 heteroatoms. The molecule has 14 heavy (non-hydrogen) atoms. The Morgan fingerprint density at radius 3 is 2.79 bits per heavy atom. The molecule has 1 aromatic heterocycles. The van der Waals surface area contributed by atoms with Crippen LogP contribution in [0.2, 0.25) is 0 Å². The van der Waals surface area contributed by atoms with Crippen LogP contribution < -0.4 is 5.73 Å². The third-order valence-corrected chi connectivity index (χ3v) is 2.10. The summed E-state index contributed by atoms with van der Waals surface area (Å²) in [4.78, 5) is 13.2. The van der Waals surface area contributed by atoms with Crippen LogP contribution in [0.4, 0.5) is 0 Å². The van der Waals surface area contributed by atoms with Gasteiger partial charge in [0.15, 0.2) is 0 Å². The largest absolute Gasteiger partial charge is 0.469 e. The molecule has 4 nitrogen and oxygen atoms in total. The summed E-state index contributed by atoms with van der Waals surface area (Å²) < 4.78 is 5.17. The van der Waals surface area contributed by atoms with Crippen molar-refractivity contribution in [1.29, 1.82) is 0 Å². The van der Waals surface area contributed by atoms with Gasteiger partial charge in [0.2, 0.25) is 5.91 Å². The second kappa shape index (κ2) is 4.81. The molecule has 0 saturated heterocycles. The predicted molar refractivity (Wildman–Crippen MR) is 53.7 cm³/mol. The van der Waals surface area contributed by atoms with Crippen LogP contribution in [0.3, 0.4) is 0 Å². The van der Waals surface area contributed by atoms with Crippen LogP contribution in [0.1, 0.15) is 5.76 Å². The van der Waals surface area contributed by atoms with Crippen molar-refractivity contribution in [3.05, 3.63) is 24.2 Å². The van der Waals surface area contributed by atoms with Crippen molar-refractivity contribution < 1.29 is 9.21 Å². The van der Waals surface area contributed by atoms with Gasteiger partial charge in [-0.05, 0) is 12.1 Å². The van der Waals surface area contributed by atoms with Crippen molar-refractivity contribution in [2.45, 2.75) is 6.42 Å². The highest BCUT2D eigenvalue weighted by molar-refractivity contribution is 5.78. The van der Waals surface area contributed by atoms with E-state index in [2.05, 4.69) is 0 Å². The first-order valence-electron chi connectivity index (χ1n) is 4.58. The van der Waals surface area contributed by atoms with E-state index in [-0.39, 0.29) is 11.8 Å². The summed E-state index contributed by atoms with van der Waals surface area (Å²) >= 11 is 0. The summed E-state index contributed by atoms with van der Waals surface area (Å²) in [6.45, 7) is 0.345. The Labute approximate surface area is 83.7 Å². The molecule has 1 rings (SSSR count). The summed E-state index contributed by atoms with van der Waals surface area (Å²) in [6, 6.07) is 3.66. The van der Waals surface area contributed by atoms with E-state index < -0.39 is 0 Å². The number of nitrogens with two attached hydrogens (primary N) is 1. The number of amides is 1. The van der Waals surface area contributed by atoms with Crippen molar-refractivity contribution in [2.24, 2.45) is 11.7 Å². The lowest BCUT2D eigenvalue weighted by Crippen LogP contribution is -2.35. The number of nitrogens with zero attached hydrogens (tertiary/aromatic N) is 1. The lowest BCUT2D eigenvalue weighted by atomic mass is 10.0. The molecule has 1 amide bonds. The second-order valence-electron chi connectivity index (χ2n) is 3.45. The molecule has 1 unspecified atom stereocenters. The standard InChI is InChI=1S/C10H16N2O2/c1-12(2)10(13)8(7-11)6-9-4-3-5-14-9/h3-5,8H,6-7,11H2,1-2H3. The van der Waals surface area contributed by atoms with E-state index in [0.717, 1.165) is 5.76 Å². The Morgan fingerprint density at radius 1 is 1.64 bits per heavy atom. The van der Waals surface area contributed by atoms with Gasteiger partial charge in [-0.25, -0.2) is 0 Å². The maximum absolute atomic E-state index is 11.6. The summed E-state index contributed by atoms with van der Waals surface area (Å²) in [7, 11) is 3.46. The van der Waals surface area contributed by atoms with E-state index in [1.165, 1.54) is 0 Å². The van der Waals surface area contributed by atoms with E-state index in [9.17, 15) is 4.79 Å². The van der Waals surface area contributed by atoms with Gasteiger partial charge < -0.3 is 15.1 Å². The Kier molecular flexibility index (Phi) is 3.71. The first kappa shape index (κ1) is 10.8. The van der Waals surface area contributed by atoms with Crippen molar-refractivity contribution in [1.82, 2.24) is 4.90 Å². The van der Waals surface area contributed by atoms with Crippen LogP contribution in [0.5, 0.6) is 0 Å². The number of hydrogen-bond acceptors (Lipinski definition) is 3. The number of carbonyl (C=O) groups excluding carboxylic acids is 1. The fraction of sp³-hybridized carbons (Fsp3) is 0.500. The molecule has 1 aromatic rings. The van der Waals surface area contributed by atoms with Crippen molar-refractivity contribution >= 4 is 5.91 Å². The number of rotatable bonds is 4. The molecule has 0 radical (unpaired) electrons. The molecule has 0 saturated carbocycles. The van der Waals surface area contributed by atoms with Crippen molar-refractivity contribution in [2.75, 3.05) is 20.6 Å². The molecular formula is C10H16N2O2. The number of hydrogen-bond donors (Lipinski definition) is 1. The van der Waals surface area contributed by atoms with Crippen LogP contribution in [0, 0.1) is 5.92 Å². The molecule has 2 N–H and O–H groups in total. The topological polar surface area (TPSA) is 59.5 Å². The lowest BCUT2D eigenvalue weighted by Gasteiger charge is -2.17. The van der Waals surface area contributed by atoms with Gasteiger partial charge in [-0.1, -0.05) is 0 Å². The zero-order chi connectivity index (χ0) is 10.6. The minimum absolute atomic E-state index is 0.0453. The minimum atomic E-state index is -0.184. The van der Waals surface area contributed by atoms with Crippen LogP contribution in [-0.2, 0) is 11.2 Å². The molecule has 1 heterocycles. The molecule has 0 fully saturated rings. The quantitative estimate of drug-likeness (QED) is 0.762. The fourth-order valence-electron chi connectivity index (χ4n) is 1.31. The average molecular weight is 196 g/mol. The molecule has 1 atom stereocenters. The molecule has 0 spiro atoms. The van der Waals surface area contributed by atoms with Gasteiger partial charge in [-0.15, -0.1) is 0 Å². The first-order valence-corrected chi connectivity index (χ1v) is 4.58. The maximum Gasteiger partial charge on any atom is 0.226 e. The van der Waals surface area contributed by atoms with Gasteiger partial charge >= 0.3 is 0 Å². The normalized spacial score (nSPS) is 12.5.